The van der Waals surface area contributed by atoms with Crippen molar-refractivity contribution in [1.82, 2.24) is 10.3 Å². The Labute approximate surface area is 95.9 Å². The lowest BCUT2D eigenvalue weighted by Crippen LogP contribution is -2.24. The highest BCUT2D eigenvalue weighted by Gasteiger charge is 2.22. The third kappa shape index (κ3) is 2.31. The summed E-state index contributed by atoms with van der Waals surface area (Å²) in [6.07, 6.45) is 2.92. The number of hydrogen-bond donors (Lipinski definition) is 1. The average Bonchev–Trinajstić information content (AvgIpc) is 2.78. The summed E-state index contributed by atoms with van der Waals surface area (Å²) in [5, 5.41) is 12.0. The molecule has 1 fully saturated rings. The molecule has 0 saturated carbocycles. The standard InChI is InChI=1S/C12H16N4/c1-14-8-10-3-5-16(9-10)12-2-4-15-11(6-12)7-13/h2,4,6,10,14H,3,5,8-9H2,1H3. The van der Waals surface area contributed by atoms with Gasteiger partial charge in [-0.1, -0.05) is 0 Å². The van der Waals surface area contributed by atoms with Crippen LogP contribution in [0.1, 0.15) is 12.1 Å². The molecule has 1 saturated heterocycles. The van der Waals surface area contributed by atoms with Crippen molar-refractivity contribution >= 4 is 5.69 Å². The van der Waals surface area contributed by atoms with Crippen LogP contribution in [0.2, 0.25) is 0 Å². The summed E-state index contributed by atoms with van der Waals surface area (Å²) in [4.78, 5) is 6.31. The Morgan fingerprint density at radius 3 is 3.31 bits per heavy atom. The minimum absolute atomic E-state index is 0.495. The summed E-state index contributed by atoms with van der Waals surface area (Å²) >= 11 is 0. The maximum atomic E-state index is 8.80. The van der Waals surface area contributed by atoms with E-state index >= 15 is 0 Å². The Morgan fingerprint density at radius 1 is 1.69 bits per heavy atom. The molecule has 2 heterocycles. The molecule has 0 bridgehead atoms. The van der Waals surface area contributed by atoms with Crippen LogP contribution in [0.25, 0.3) is 0 Å². The van der Waals surface area contributed by atoms with Crippen molar-refractivity contribution in [2.75, 3.05) is 31.6 Å². The topological polar surface area (TPSA) is 52.0 Å². The zero-order valence-corrected chi connectivity index (χ0v) is 9.48. The van der Waals surface area contributed by atoms with Gasteiger partial charge < -0.3 is 10.2 Å². The minimum Gasteiger partial charge on any atom is -0.371 e. The molecule has 2 rings (SSSR count). The molecular weight excluding hydrogens is 200 g/mol. The van der Waals surface area contributed by atoms with E-state index in [1.807, 2.05) is 19.2 Å². The summed E-state index contributed by atoms with van der Waals surface area (Å²) < 4.78 is 0. The predicted octanol–water partition coefficient (Wildman–Crippen LogP) is 0.999. The van der Waals surface area contributed by atoms with Crippen molar-refractivity contribution in [3.05, 3.63) is 24.0 Å². The third-order valence-corrected chi connectivity index (χ3v) is 3.00. The van der Waals surface area contributed by atoms with Gasteiger partial charge in [-0.15, -0.1) is 0 Å². The molecule has 16 heavy (non-hydrogen) atoms. The lowest BCUT2D eigenvalue weighted by molar-refractivity contribution is 0.549. The van der Waals surface area contributed by atoms with Gasteiger partial charge in [0, 0.05) is 25.0 Å². The molecule has 0 aliphatic carbocycles. The lowest BCUT2D eigenvalue weighted by Gasteiger charge is -2.18. The molecule has 0 spiro atoms. The molecule has 84 valence electrons. The van der Waals surface area contributed by atoms with Gasteiger partial charge in [0.1, 0.15) is 11.8 Å². The van der Waals surface area contributed by atoms with Crippen LogP contribution in [0.15, 0.2) is 18.3 Å². The van der Waals surface area contributed by atoms with Crippen molar-refractivity contribution in [2.45, 2.75) is 6.42 Å². The van der Waals surface area contributed by atoms with E-state index in [2.05, 4.69) is 21.3 Å². The molecule has 0 radical (unpaired) electrons. The number of nitrogens with zero attached hydrogens (tertiary/aromatic N) is 3. The van der Waals surface area contributed by atoms with Crippen LogP contribution < -0.4 is 10.2 Å². The Bertz CT molecular complexity index is 396. The zero-order chi connectivity index (χ0) is 11.4. The van der Waals surface area contributed by atoms with Gasteiger partial charge in [-0.25, -0.2) is 4.98 Å². The summed E-state index contributed by atoms with van der Waals surface area (Å²) in [7, 11) is 1.99. The molecule has 1 aliphatic rings. The van der Waals surface area contributed by atoms with Crippen molar-refractivity contribution in [3.8, 4) is 6.07 Å². The molecule has 0 aromatic carbocycles. The van der Waals surface area contributed by atoms with E-state index in [0.717, 1.165) is 25.3 Å². The van der Waals surface area contributed by atoms with E-state index in [-0.39, 0.29) is 0 Å². The average molecular weight is 216 g/mol. The second-order valence-electron chi connectivity index (χ2n) is 4.17. The summed E-state index contributed by atoms with van der Waals surface area (Å²) in [5.74, 6) is 0.712. The number of nitriles is 1. The first-order valence-electron chi connectivity index (χ1n) is 5.59. The van der Waals surface area contributed by atoms with E-state index in [0.29, 0.717) is 11.6 Å². The van der Waals surface area contributed by atoms with Gasteiger partial charge in [0.05, 0.1) is 0 Å². The molecule has 0 amide bonds. The Balaban J connectivity index is 2.06. The zero-order valence-electron chi connectivity index (χ0n) is 9.48. The molecule has 1 atom stereocenters. The smallest absolute Gasteiger partial charge is 0.142 e. The number of rotatable bonds is 3. The van der Waals surface area contributed by atoms with Crippen LogP contribution >= 0.6 is 0 Å². The van der Waals surface area contributed by atoms with Gasteiger partial charge >= 0.3 is 0 Å². The van der Waals surface area contributed by atoms with Crippen LogP contribution in [0.4, 0.5) is 5.69 Å². The van der Waals surface area contributed by atoms with Crippen LogP contribution in [0, 0.1) is 17.2 Å². The van der Waals surface area contributed by atoms with Crippen LogP contribution in [0.5, 0.6) is 0 Å². The van der Waals surface area contributed by atoms with Gasteiger partial charge in [-0.05, 0) is 38.1 Å². The van der Waals surface area contributed by atoms with Crippen LogP contribution in [-0.4, -0.2) is 31.7 Å². The first-order valence-corrected chi connectivity index (χ1v) is 5.59. The number of nitrogens with one attached hydrogen (secondary N) is 1. The molecule has 1 unspecified atom stereocenters. The van der Waals surface area contributed by atoms with Gasteiger partial charge in [-0.3, -0.25) is 0 Å². The fourth-order valence-corrected chi connectivity index (χ4v) is 2.20. The summed E-state index contributed by atoms with van der Waals surface area (Å²) in [6, 6.07) is 5.91. The Kier molecular flexibility index (Phi) is 3.37. The van der Waals surface area contributed by atoms with Crippen molar-refractivity contribution in [1.29, 1.82) is 5.26 Å². The van der Waals surface area contributed by atoms with E-state index in [9.17, 15) is 0 Å². The molecule has 1 aliphatic heterocycles. The molecule has 1 aromatic heterocycles. The predicted molar refractivity (Wildman–Crippen MR) is 63.2 cm³/mol. The molecular formula is C12H16N4. The highest BCUT2D eigenvalue weighted by atomic mass is 15.2. The van der Waals surface area contributed by atoms with Crippen molar-refractivity contribution < 1.29 is 0 Å². The van der Waals surface area contributed by atoms with Crippen molar-refractivity contribution in [2.24, 2.45) is 5.92 Å². The first kappa shape index (κ1) is 10.9. The maximum absolute atomic E-state index is 8.80. The SMILES string of the molecule is CNCC1CCN(c2ccnc(C#N)c2)C1. The van der Waals surface area contributed by atoms with Gasteiger partial charge in [0.2, 0.25) is 0 Å². The molecule has 4 nitrogen and oxygen atoms in total. The maximum Gasteiger partial charge on any atom is 0.142 e. The largest absolute Gasteiger partial charge is 0.371 e. The van der Waals surface area contributed by atoms with E-state index in [4.69, 9.17) is 5.26 Å². The van der Waals surface area contributed by atoms with Crippen LogP contribution in [0.3, 0.4) is 0 Å². The second-order valence-corrected chi connectivity index (χ2v) is 4.17. The van der Waals surface area contributed by atoms with E-state index in [1.54, 1.807) is 6.20 Å². The van der Waals surface area contributed by atoms with Crippen molar-refractivity contribution in [3.63, 3.8) is 0 Å². The second kappa shape index (κ2) is 4.95. The number of aromatic nitrogens is 1. The third-order valence-electron chi connectivity index (χ3n) is 3.00. The monoisotopic (exact) mass is 216 g/mol. The van der Waals surface area contributed by atoms with Gasteiger partial charge in [0.25, 0.3) is 0 Å². The number of hydrogen-bond acceptors (Lipinski definition) is 4. The highest BCUT2D eigenvalue weighted by molar-refractivity contribution is 5.49. The fourth-order valence-electron chi connectivity index (χ4n) is 2.20. The summed E-state index contributed by atoms with van der Waals surface area (Å²) in [5.41, 5.74) is 1.61. The fraction of sp³-hybridized carbons (Fsp3) is 0.500. The van der Waals surface area contributed by atoms with E-state index < -0.39 is 0 Å². The lowest BCUT2D eigenvalue weighted by atomic mass is 10.1. The summed E-state index contributed by atoms with van der Waals surface area (Å²) in [6.45, 7) is 3.20. The number of pyridine rings is 1. The Hall–Kier alpha value is -1.60. The van der Waals surface area contributed by atoms with Gasteiger partial charge in [-0.2, -0.15) is 5.26 Å². The Morgan fingerprint density at radius 2 is 2.56 bits per heavy atom. The minimum atomic E-state index is 0.495. The van der Waals surface area contributed by atoms with E-state index in [1.165, 1.54) is 6.42 Å². The quantitative estimate of drug-likeness (QED) is 0.819. The first-order chi connectivity index (χ1) is 7.83. The molecule has 1 N–H and O–H groups in total. The molecule has 1 aromatic rings. The van der Waals surface area contributed by atoms with Crippen LogP contribution in [-0.2, 0) is 0 Å². The normalized spacial score (nSPS) is 19.8. The molecule has 4 heteroatoms. The highest BCUT2D eigenvalue weighted by Crippen LogP contribution is 2.23. The number of anilines is 1. The van der Waals surface area contributed by atoms with Gasteiger partial charge in [0.15, 0.2) is 0 Å².